The molecule has 2 fully saturated rings. The number of rotatable bonds is 5. The maximum atomic E-state index is 13.3. The number of fused-ring (bicyclic) bond motifs is 1. The second-order valence-corrected chi connectivity index (χ2v) is 7.91. The van der Waals surface area contributed by atoms with E-state index in [9.17, 15) is 14.4 Å². The van der Waals surface area contributed by atoms with Gasteiger partial charge in [-0.3, -0.25) is 14.5 Å². The molecule has 160 valence electrons. The molecule has 0 saturated carbocycles. The van der Waals surface area contributed by atoms with Gasteiger partial charge in [-0.15, -0.1) is 0 Å². The average Bonchev–Trinajstić information content (AvgIpc) is 3.49. The Labute approximate surface area is 178 Å². The van der Waals surface area contributed by atoms with Crippen LogP contribution >= 0.6 is 0 Å². The summed E-state index contributed by atoms with van der Waals surface area (Å²) in [6.07, 6.45) is 3.22. The fourth-order valence-electron chi connectivity index (χ4n) is 4.64. The number of anilines is 2. The molecule has 9 nitrogen and oxygen atoms in total. The maximum absolute atomic E-state index is 13.3. The molecule has 0 aliphatic carbocycles. The first kappa shape index (κ1) is 19.5. The number of esters is 1. The molecule has 3 aliphatic heterocycles. The topological polar surface area (TPSA) is 111 Å². The van der Waals surface area contributed by atoms with Crippen molar-refractivity contribution in [2.45, 2.75) is 25.6 Å². The van der Waals surface area contributed by atoms with Gasteiger partial charge in [0, 0.05) is 11.8 Å². The third-order valence-electron chi connectivity index (χ3n) is 5.94. The summed E-state index contributed by atoms with van der Waals surface area (Å²) in [5.74, 6) is -1.38. The Balaban J connectivity index is 1.38. The van der Waals surface area contributed by atoms with E-state index in [-0.39, 0.29) is 25.0 Å². The van der Waals surface area contributed by atoms with Gasteiger partial charge in [0.15, 0.2) is 5.82 Å². The molecule has 4 heterocycles. The molecular weight excluding hydrogens is 402 g/mol. The Morgan fingerprint density at radius 3 is 2.94 bits per heavy atom. The number of hydrogen-bond acceptors (Lipinski definition) is 7. The van der Waals surface area contributed by atoms with E-state index in [1.807, 2.05) is 12.2 Å². The van der Waals surface area contributed by atoms with E-state index in [1.165, 1.54) is 4.90 Å². The van der Waals surface area contributed by atoms with Crippen molar-refractivity contribution >= 4 is 29.3 Å². The highest BCUT2D eigenvalue weighted by Gasteiger charge is 2.67. The van der Waals surface area contributed by atoms with Crippen LogP contribution in [0.3, 0.4) is 0 Å². The van der Waals surface area contributed by atoms with E-state index in [2.05, 4.69) is 10.5 Å². The number of amides is 2. The second kappa shape index (κ2) is 7.05. The van der Waals surface area contributed by atoms with Crippen molar-refractivity contribution in [3.8, 4) is 0 Å². The lowest BCUT2D eigenvalue weighted by atomic mass is 9.76. The number of nitrogens with zero attached hydrogens (tertiary/aromatic N) is 2. The highest BCUT2D eigenvalue weighted by atomic mass is 16.5. The molecule has 1 spiro atoms. The summed E-state index contributed by atoms with van der Waals surface area (Å²) in [6, 6.07) is 8.19. The molecule has 1 aromatic heterocycles. The van der Waals surface area contributed by atoms with Crippen molar-refractivity contribution in [3.63, 3.8) is 0 Å². The van der Waals surface area contributed by atoms with Crippen LogP contribution in [-0.2, 0) is 19.1 Å². The first-order valence-electron chi connectivity index (χ1n) is 10.1. The van der Waals surface area contributed by atoms with Crippen LogP contribution in [0.1, 0.15) is 23.0 Å². The predicted octanol–water partition coefficient (Wildman–Crippen LogP) is 2.08. The lowest BCUT2D eigenvalue weighted by Crippen LogP contribution is -2.41. The zero-order valence-corrected chi connectivity index (χ0v) is 17.0. The molecule has 2 unspecified atom stereocenters. The van der Waals surface area contributed by atoms with Crippen LogP contribution in [0.15, 0.2) is 47.0 Å². The summed E-state index contributed by atoms with van der Waals surface area (Å²) in [5, 5.41) is 6.77. The minimum atomic E-state index is -0.858. The quantitative estimate of drug-likeness (QED) is 0.579. The third kappa shape index (κ3) is 3.04. The van der Waals surface area contributed by atoms with Gasteiger partial charge in [0.25, 0.3) is 0 Å². The van der Waals surface area contributed by atoms with Crippen molar-refractivity contribution in [3.05, 3.63) is 53.8 Å². The van der Waals surface area contributed by atoms with E-state index in [4.69, 9.17) is 14.0 Å². The summed E-state index contributed by atoms with van der Waals surface area (Å²) in [7, 11) is 0. The molecule has 5 rings (SSSR count). The summed E-state index contributed by atoms with van der Waals surface area (Å²) in [4.78, 5) is 39.9. The fourth-order valence-corrected chi connectivity index (χ4v) is 4.64. The molecule has 3 aliphatic rings. The van der Waals surface area contributed by atoms with E-state index < -0.39 is 29.5 Å². The van der Waals surface area contributed by atoms with Crippen LogP contribution in [0.2, 0.25) is 0 Å². The van der Waals surface area contributed by atoms with Crippen LogP contribution < -0.4 is 10.2 Å². The molecule has 0 radical (unpaired) electrons. The van der Waals surface area contributed by atoms with E-state index in [1.54, 1.807) is 44.2 Å². The van der Waals surface area contributed by atoms with E-state index in [0.29, 0.717) is 22.8 Å². The van der Waals surface area contributed by atoms with Crippen molar-refractivity contribution < 1.29 is 28.4 Å². The number of ether oxygens (including phenoxy) is 2. The van der Waals surface area contributed by atoms with Crippen molar-refractivity contribution in [1.29, 1.82) is 0 Å². The highest BCUT2D eigenvalue weighted by Crippen LogP contribution is 2.52. The molecule has 1 N–H and O–H groups in total. The van der Waals surface area contributed by atoms with Crippen LogP contribution in [0.4, 0.5) is 11.5 Å². The summed E-state index contributed by atoms with van der Waals surface area (Å²) in [5.41, 5.74) is -0.0702. The predicted molar refractivity (Wildman–Crippen MR) is 108 cm³/mol. The standard InChI is InChI=1S/C22H21N3O6/c1-3-29-21(28)13-5-4-6-14(10-13)23-19(26)17-15-7-8-22(30-15)11-25(20(27)18(17)22)16-9-12(2)31-24-16/h4-10,15,17-18H,3,11H2,1-2H3,(H,23,26)/t15-,17?,18?,22+/m1/s1. The smallest absolute Gasteiger partial charge is 0.338 e. The minimum absolute atomic E-state index is 0.222. The first-order chi connectivity index (χ1) is 14.9. The molecule has 9 heteroatoms. The molecule has 2 aromatic rings. The minimum Gasteiger partial charge on any atom is -0.462 e. The van der Waals surface area contributed by atoms with Gasteiger partial charge < -0.3 is 19.3 Å². The molecule has 2 bridgehead atoms. The Hall–Kier alpha value is -3.46. The van der Waals surface area contributed by atoms with Gasteiger partial charge in [0.2, 0.25) is 11.8 Å². The highest BCUT2D eigenvalue weighted by molar-refractivity contribution is 6.05. The normalized spacial score (nSPS) is 28.1. The summed E-state index contributed by atoms with van der Waals surface area (Å²) >= 11 is 0. The number of carbonyl (C=O) groups excluding carboxylic acids is 3. The second-order valence-electron chi connectivity index (χ2n) is 7.91. The van der Waals surface area contributed by atoms with Crippen LogP contribution in [0.25, 0.3) is 0 Å². The lowest BCUT2D eigenvalue weighted by Gasteiger charge is -2.23. The van der Waals surface area contributed by atoms with Crippen molar-refractivity contribution in [2.75, 3.05) is 23.4 Å². The number of nitrogens with one attached hydrogen (secondary N) is 1. The molecule has 4 atom stereocenters. The Morgan fingerprint density at radius 2 is 2.19 bits per heavy atom. The number of aromatic nitrogens is 1. The molecule has 31 heavy (non-hydrogen) atoms. The van der Waals surface area contributed by atoms with Crippen LogP contribution in [0.5, 0.6) is 0 Å². The number of carbonyl (C=O) groups is 3. The summed E-state index contributed by atoms with van der Waals surface area (Å²) in [6.45, 7) is 4.01. The van der Waals surface area contributed by atoms with E-state index >= 15 is 0 Å². The lowest BCUT2D eigenvalue weighted by molar-refractivity contribution is -0.128. The molecule has 1 aromatic carbocycles. The van der Waals surface area contributed by atoms with Gasteiger partial charge in [-0.25, -0.2) is 4.79 Å². The maximum Gasteiger partial charge on any atom is 0.338 e. The zero-order chi connectivity index (χ0) is 21.8. The SMILES string of the molecule is CCOC(=O)c1cccc(NC(=O)C2C3C(=O)N(c4cc(C)on4)C[C@@]34C=C[C@H]2O4)c1. The van der Waals surface area contributed by atoms with Gasteiger partial charge in [0.1, 0.15) is 11.4 Å². The van der Waals surface area contributed by atoms with Crippen molar-refractivity contribution in [2.24, 2.45) is 11.8 Å². The molecule has 2 saturated heterocycles. The van der Waals surface area contributed by atoms with Gasteiger partial charge in [0.05, 0.1) is 36.7 Å². The first-order valence-corrected chi connectivity index (χ1v) is 10.1. The average molecular weight is 423 g/mol. The fraction of sp³-hybridized carbons (Fsp3) is 0.364. The monoisotopic (exact) mass is 423 g/mol. The zero-order valence-electron chi connectivity index (χ0n) is 17.0. The van der Waals surface area contributed by atoms with Crippen LogP contribution in [-0.4, -0.2) is 47.8 Å². The molecular formula is C22H21N3O6. The number of aryl methyl sites for hydroxylation is 1. The Morgan fingerprint density at radius 1 is 1.35 bits per heavy atom. The number of hydrogen-bond donors (Lipinski definition) is 1. The third-order valence-corrected chi connectivity index (χ3v) is 5.94. The van der Waals surface area contributed by atoms with Gasteiger partial charge >= 0.3 is 5.97 Å². The summed E-state index contributed by atoms with van der Waals surface area (Å²) < 4.78 is 16.2. The van der Waals surface area contributed by atoms with Crippen molar-refractivity contribution in [1.82, 2.24) is 5.16 Å². The van der Waals surface area contributed by atoms with Gasteiger partial charge in [-0.2, -0.15) is 0 Å². The van der Waals surface area contributed by atoms with Crippen LogP contribution in [0, 0.1) is 18.8 Å². The van der Waals surface area contributed by atoms with E-state index in [0.717, 1.165) is 0 Å². The van der Waals surface area contributed by atoms with Gasteiger partial charge in [-0.1, -0.05) is 23.4 Å². The Bertz CT molecular complexity index is 1110. The van der Waals surface area contributed by atoms with Gasteiger partial charge in [-0.05, 0) is 32.0 Å². The largest absolute Gasteiger partial charge is 0.462 e. The Kier molecular flexibility index (Phi) is 4.44. The molecule has 2 amide bonds. The number of benzene rings is 1.